The molecule has 158 valence electrons. The van der Waals surface area contributed by atoms with Crippen LogP contribution in [0, 0.1) is 35.0 Å². The van der Waals surface area contributed by atoms with Crippen LogP contribution in [0.2, 0.25) is 18.1 Å². The molecule has 0 unspecified atom stereocenters. The highest BCUT2D eigenvalue weighted by Gasteiger charge is 2.52. The summed E-state index contributed by atoms with van der Waals surface area (Å²) in [5.74, 6) is 9.47. The Morgan fingerprint density at radius 3 is 2.66 bits per heavy atom. The predicted octanol–water partition coefficient (Wildman–Crippen LogP) is 6.84. The van der Waals surface area contributed by atoms with E-state index in [0.29, 0.717) is 17.6 Å². The summed E-state index contributed by atoms with van der Waals surface area (Å²) in [5, 5.41) is 0.176. The first-order valence-electron chi connectivity index (χ1n) is 11.3. The lowest BCUT2D eigenvalue weighted by Gasteiger charge is -2.41. The molecule has 4 atom stereocenters. The van der Waals surface area contributed by atoms with Gasteiger partial charge in [0.2, 0.25) is 8.32 Å². The third kappa shape index (κ3) is 4.48. The molecule has 0 heterocycles. The molecule has 1 aromatic rings. The molecule has 0 N–H and O–H groups in total. The first-order valence-corrected chi connectivity index (χ1v) is 14.2. The van der Waals surface area contributed by atoms with E-state index in [-0.39, 0.29) is 16.4 Å². The maximum Gasteiger partial charge on any atom is 0.250 e. The summed E-state index contributed by atoms with van der Waals surface area (Å²) in [6, 6.07) is 8.25. The molecule has 0 spiro atoms. The molecule has 0 radical (unpaired) electrons. The number of fused-ring (bicyclic) bond motifs is 1. The second-order valence-electron chi connectivity index (χ2n) is 11.0. The molecular weight excluding hydrogens is 372 g/mol. The molecule has 0 bridgehead atoms. The van der Waals surface area contributed by atoms with Gasteiger partial charge in [-0.1, -0.05) is 52.5 Å². The molecule has 2 saturated carbocycles. The smallest absolute Gasteiger partial charge is 0.250 e. The highest BCUT2D eigenvalue weighted by Crippen LogP contribution is 2.56. The minimum absolute atomic E-state index is 0.150. The fraction of sp³-hybridized carbons (Fsp3) is 0.654. The van der Waals surface area contributed by atoms with Crippen LogP contribution in [0.1, 0.15) is 72.3 Å². The Bertz CT molecular complexity index is 823. The van der Waals surface area contributed by atoms with E-state index in [4.69, 9.17) is 4.43 Å². The number of rotatable bonds is 3. The fourth-order valence-corrected chi connectivity index (χ4v) is 6.20. The number of benzene rings is 1. The first kappa shape index (κ1) is 22.2. The third-order valence-corrected chi connectivity index (χ3v) is 12.4. The van der Waals surface area contributed by atoms with E-state index in [1.54, 1.807) is 0 Å². The van der Waals surface area contributed by atoms with Crippen molar-refractivity contribution in [1.82, 2.24) is 0 Å². The average molecular weight is 411 g/mol. The van der Waals surface area contributed by atoms with Crippen LogP contribution in [-0.4, -0.2) is 14.1 Å². The lowest BCUT2D eigenvalue weighted by Crippen LogP contribution is -2.43. The number of Topliss-reactive ketones (excluding diaryl/α,β-unsaturated/α-hetero) is 1. The van der Waals surface area contributed by atoms with Crippen molar-refractivity contribution in [2.24, 2.45) is 23.2 Å². The highest BCUT2D eigenvalue weighted by atomic mass is 28.4. The summed E-state index contributed by atoms with van der Waals surface area (Å²) in [5.41, 5.74) is 1.17. The molecule has 0 saturated heterocycles. The second kappa shape index (κ2) is 7.95. The zero-order valence-electron chi connectivity index (χ0n) is 19.4. The van der Waals surface area contributed by atoms with Crippen LogP contribution in [0.25, 0.3) is 0 Å². The molecule has 2 nitrogen and oxygen atoms in total. The van der Waals surface area contributed by atoms with Crippen LogP contribution < -0.4 is 4.43 Å². The minimum atomic E-state index is -1.85. The van der Waals surface area contributed by atoms with E-state index in [2.05, 4.69) is 71.7 Å². The Morgan fingerprint density at radius 2 is 1.97 bits per heavy atom. The number of carbonyl (C=O) groups is 1. The number of hydrogen-bond donors (Lipinski definition) is 0. The van der Waals surface area contributed by atoms with Crippen LogP contribution in [-0.2, 0) is 4.79 Å². The van der Waals surface area contributed by atoms with Gasteiger partial charge in [-0.2, -0.15) is 0 Å². The Balaban J connectivity index is 1.74. The molecule has 3 heteroatoms. The number of ketones is 1. The van der Waals surface area contributed by atoms with Gasteiger partial charge in [0.15, 0.2) is 0 Å². The van der Waals surface area contributed by atoms with Crippen molar-refractivity contribution in [3.8, 4) is 17.6 Å². The lowest BCUT2D eigenvalue weighted by atomic mass is 9.62. The molecular formula is C26H38O2Si. The van der Waals surface area contributed by atoms with Gasteiger partial charge in [0, 0.05) is 23.8 Å². The van der Waals surface area contributed by atoms with Gasteiger partial charge in [-0.15, -0.1) is 0 Å². The van der Waals surface area contributed by atoms with Gasteiger partial charge in [-0.05, 0) is 73.3 Å². The van der Waals surface area contributed by atoms with Crippen molar-refractivity contribution in [3.63, 3.8) is 0 Å². The van der Waals surface area contributed by atoms with Crippen LogP contribution >= 0.6 is 0 Å². The number of carbonyl (C=O) groups excluding carboxylic acids is 1. The van der Waals surface area contributed by atoms with E-state index in [0.717, 1.165) is 37.0 Å². The van der Waals surface area contributed by atoms with Crippen LogP contribution in [0.4, 0.5) is 0 Å². The van der Waals surface area contributed by atoms with Gasteiger partial charge >= 0.3 is 0 Å². The molecule has 29 heavy (non-hydrogen) atoms. The Hall–Kier alpha value is -1.53. The summed E-state index contributed by atoms with van der Waals surface area (Å²) < 4.78 is 6.45. The molecule has 1 aromatic carbocycles. The van der Waals surface area contributed by atoms with Gasteiger partial charge in [-0.3, -0.25) is 4.79 Å². The quantitative estimate of drug-likeness (QED) is 0.402. The van der Waals surface area contributed by atoms with Gasteiger partial charge in [0.1, 0.15) is 11.5 Å². The van der Waals surface area contributed by atoms with Crippen molar-refractivity contribution in [1.29, 1.82) is 0 Å². The lowest BCUT2D eigenvalue weighted by molar-refractivity contribution is -0.129. The molecule has 2 aliphatic rings. The SMILES string of the molecule is C[C@H](C#Cc1cccc(O[Si](C)(C)C(C)(C)C)c1)[C@H]1CC[C@H]2C(=O)CCC[C@]12C. The third-order valence-electron chi connectivity index (χ3n) is 8.00. The minimum Gasteiger partial charge on any atom is -0.543 e. The predicted molar refractivity (Wildman–Crippen MR) is 123 cm³/mol. The van der Waals surface area contributed by atoms with Crippen molar-refractivity contribution in [3.05, 3.63) is 29.8 Å². The normalized spacial score (nSPS) is 28.3. The summed E-state index contributed by atoms with van der Waals surface area (Å²) in [6.07, 6.45) is 5.21. The highest BCUT2D eigenvalue weighted by molar-refractivity contribution is 6.74. The van der Waals surface area contributed by atoms with Gasteiger partial charge in [0.05, 0.1) is 0 Å². The van der Waals surface area contributed by atoms with Crippen LogP contribution in [0.3, 0.4) is 0 Å². The van der Waals surface area contributed by atoms with E-state index < -0.39 is 8.32 Å². The number of hydrogen-bond acceptors (Lipinski definition) is 2. The van der Waals surface area contributed by atoms with E-state index in [9.17, 15) is 4.79 Å². The fourth-order valence-electron chi connectivity index (χ4n) is 5.17. The maximum absolute atomic E-state index is 12.4. The van der Waals surface area contributed by atoms with Crippen LogP contribution in [0.5, 0.6) is 5.75 Å². The average Bonchev–Trinajstić information content (AvgIpc) is 2.97. The summed E-state index contributed by atoms with van der Waals surface area (Å²) >= 11 is 0. The van der Waals surface area contributed by atoms with Gasteiger partial charge in [0.25, 0.3) is 0 Å². The summed E-state index contributed by atoms with van der Waals surface area (Å²) in [4.78, 5) is 12.4. The van der Waals surface area contributed by atoms with E-state index in [1.807, 2.05) is 12.1 Å². The van der Waals surface area contributed by atoms with Crippen molar-refractivity contribution in [2.45, 2.75) is 84.9 Å². The summed E-state index contributed by atoms with van der Waals surface area (Å²) in [7, 11) is -1.85. The summed E-state index contributed by atoms with van der Waals surface area (Å²) in [6.45, 7) is 15.9. The molecule has 2 fully saturated rings. The standard InChI is InChI=1S/C26H38O2Si/c1-19(22-15-16-23-24(27)12-9-17-26(22,23)5)13-14-20-10-8-11-21(18-20)28-29(6,7)25(2,3)4/h8,10-11,18-19,22-23H,9,12,15-17H2,1-7H3/t19-,22-,23+,26-/m1/s1. The molecule has 0 aromatic heterocycles. The molecule has 3 rings (SSSR count). The van der Waals surface area contributed by atoms with Crippen LogP contribution in [0.15, 0.2) is 24.3 Å². The van der Waals surface area contributed by atoms with Crippen molar-refractivity contribution >= 4 is 14.1 Å². The Morgan fingerprint density at radius 1 is 1.24 bits per heavy atom. The van der Waals surface area contributed by atoms with Crippen molar-refractivity contribution < 1.29 is 9.22 Å². The van der Waals surface area contributed by atoms with Gasteiger partial charge < -0.3 is 4.43 Å². The second-order valence-corrected chi connectivity index (χ2v) is 15.7. The van der Waals surface area contributed by atoms with E-state index in [1.165, 1.54) is 6.42 Å². The molecule has 0 aliphatic heterocycles. The monoisotopic (exact) mass is 410 g/mol. The zero-order chi connectivity index (χ0) is 21.4. The molecule has 2 aliphatic carbocycles. The first-order chi connectivity index (χ1) is 13.4. The van der Waals surface area contributed by atoms with E-state index >= 15 is 0 Å². The topological polar surface area (TPSA) is 26.3 Å². The largest absolute Gasteiger partial charge is 0.543 e. The van der Waals surface area contributed by atoms with Gasteiger partial charge in [-0.25, -0.2) is 0 Å². The maximum atomic E-state index is 12.4. The zero-order valence-corrected chi connectivity index (χ0v) is 20.4. The Kier molecular flexibility index (Phi) is 6.07. The Labute approximate surface area is 178 Å². The molecule has 0 amide bonds. The van der Waals surface area contributed by atoms with Crippen molar-refractivity contribution in [2.75, 3.05) is 0 Å².